The third kappa shape index (κ3) is 2.14. The van der Waals surface area contributed by atoms with Crippen LogP contribution in [0.2, 0.25) is 0 Å². The quantitative estimate of drug-likeness (QED) is 0.661. The molecule has 0 saturated heterocycles. The smallest absolute Gasteiger partial charge is 0.0708 e. The largest absolute Gasteiger partial charge is 0.253 e. The number of benzene rings is 1. The van der Waals surface area contributed by atoms with Gasteiger partial charge in [-0.25, -0.2) is 0 Å². The van der Waals surface area contributed by atoms with Crippen LogP contribution in [0.5, 0.6) is 0 Å². The number of fused-ring (bicyclic) bond motifs is 2. The van der Waals surface area contributed by atoms with Gasteiger partial charge in [0, 0.05) is 11.1 Å². The van der Waals surface area contributed by atoms with Crippen molar-refractivity contribution in [2.24, 2.45) is 0 Å². The minimum absolute atomic E-state index is 0.579. The molecule has 0 amide bonds. The molecule has 1 aliphatic rings. The molecule has 18 heavy (non-hydrogen) atoms. The Morgan fingerprint density at radius 2 is 1.83 bits per heavy atom. The van der Waals surface area contributed by atoms with Gasteiger partial charge in [-0.2, -0.15) is 0 Å². The van der Waals surface area contributed by atoms with Gasteiger partial charge in [0.05, 0.1) is 5.52 Å². The molecule has 0 N–H and O–H groups in total. The van der Waals surface area contributed by atoms with Gasteiger partial charge < -0.3 is 0 Å². The molecule has 0 radical (unpaired) electrons. The van der Waals surface area contributed by atoms with Crippen LogP contribution in [0.4, 0.5) is 0 Å². The lowest BCUT2D eigenvalue weighted by molar-refractivity contribution is 0.709. The van der Waals surface area contributed by atoms with Crippen LogP contribution in [0.15, 0.2) is 24.3 Å². The molecule has 1 heteroatoms. The minimum Gasteiger partial charge on any atom is -0.253 e. The number of hydrogen-bond donors (Lipinski definition) is 0. The highest BCUT2D eigenvalue weighted by Gasteiger charge is 2.11. The van der Waals surface area contributed by atoms with E-state index >= 15 is 0 Å². The summed E-state index contributed by atoms with van der Waals surface area (Å²) in [6.45, 7) is 4.48. The zero-order valence-electron chi connectivity index (χ0n) is 11.4. The first-order valence-corrected chi connectivity index (χ1v) is 7.16. The van der Waals surface area contributed by atoms with E-state index in [2.05, 4.69) is 38.1 Å². The van der Waals surface area contributed by atoms with Gasteiger partial charge in [0.1, 0.15) is 0 Å². The van der Waals surface area contributed by atoms with Gasteiger partial charge in [-0.15, -0.1) is 0 Å². The average Bonchev–Trinajstić information content (AvgIpc) is 2.59. The van der Waals surface area contributed by atoms with Crippen LogP contribution in [0.1, 0.15) is 55.8 Å². The van der Waals surface area contributed by atoms with Crippen LogP contribution < -0.4 is 0 Å². The molecule has 0 spiro atoms. The number of nitrogens with zero attached hydrogens (tertiary/aromatic N) is 1. The van der Waals surface area contributed by atoms with Crippen LogP contribution in [-0.4, -0.2) is 4.98 Å². The summed E-state index contributed by atoms with van der Waals surface area (Å²) < 4.78 is 0. The Kier molecular flexibility index (Phi) is 3.07. The van der Waals surface area contributed by atoms with Gasteiger partial charge >= 0.3 is 0 Å². The van der Waals surface area contributed by atoms with Crippen LogP contribution in [0.3, 0.4) is 0 Å². The SMILES string of the molecule is CC(C)c1ccc2cc3c(nc2c1)CCCCC3. The van der Waals surface area contributed by atoms with Crippen LogP contribution >= 0.6 is 0 Å². The monoisotopic (exact) mass is 239 g/mol. The first-order valence-electron chi connectivity index (χ1n) is 7.16. The second-order valence-corrected chi connectivity index (χ2v) is 5.76. The van der Waals surface area contributed by atoms with Crippen molar-refractivity contribution in [3.8, 4) is 0 Å². The van der Waals surface area contributed by atoms with E-state index < -0.39 is 0 Å². The Morgan fingerprint density at radius 3 is 2.67 bits per heavy atom. The summed E-state index contributed by atoms with van der Waals surface area (Å²) in [5.41, 5.74) is 5.41. The molecule has 0 unspecified atom stereocenters. The highest BCUT2D eigenvalue weighted by atomic mass is 14.7. The molecule has 94 valence electrons. The summed E-state index contributed by atoms with van der Waals surface area (Å²) in [6, 6.07) is 9.12. The molecule has 3 rings (SSSR count). The second kappa shape index (κ2) is 4.72. The molecule has 2 aromatic rings. The van der Waals surface area contributed by atoms with Gasteiger partial charge in [-0.1, -0.05) is 32.4 Å². The highest BCUT2D eigenvalue weighted by molar-refractivity contribution is 5.80. The van der Waals surface area contributed by atoms with E-state index in [0.717, 1.165) is 6.42 Å². The van der Waals surface area contributed by atoms with E-state index in [1.165, 1.54) is 53.4 Å². The Balaban J connectivity index is 2.13. The summed E-state index contributed by atoms with van der Waals surface area (Å²) >= 11 is 0. The maximum Gasteiger partial charge on any atom is 0.0708 e. The van der Waals surface area contributed by atoms with E-state index in [0.29, 0.717) is 5.92 Å². The molecule has 1 nitrogen and oxygen atoms in total. The summed E-state index contributed by atoms with van der Waals surface area (Å²) in [5, 5.41) is 1.31. The number of pyridine rings is 1. The summed E-state index contributed by atoms with van der Waals surface area (Å²) in [6.07, 6.45) is 6.35. The normalized spacial score (nSPS) is 15.7. The maximum absolute atomic E-state index is 4.92. The van der Waals surface area contributed by atoms with Crippen molar-refractivity contribution < 1.29 is 0 Å². The Bertz CT molecular complexity index is 569. The number of aryl methyl sites for hydroxylation is 2. The van der Waals surface area contributed by atoms with Crippen molar-refractivity contribution in [1.29, 1.82) is 0 Å². The fourth-order valence-corrected chi connectivity index (χ4v) is 2.84. The topological polar surface area (TPSA) is 12.9 Å². The van der Waals surface area contributed by atoms with Gasteiger partial charge in [0.25, 0.3) is 0 Å². The van der Waals surface area contributed by atoms with Crippen molar-refractivity contribution in [2.45, 2.75) is 51.9 Å². The third-order valence-electron chi connectivity index (χ3n) is 4.04. The standard InChI is InChI=1S/C17H21N/c1-12(2)13-8-9-15-10-14-6-4-3-5-7-16(14)18-17(15)11-13/h8-12H,3-7H2,1-2H3. The Labute approximate surface area is 109 Å². The third-order valence-corrected chi connectivity index (χ3v) is 4.04. The van der Waals surface area contributed by atoms with Gasteiger partial charge in [0.2, 0.25) is 0 Å². The van der Waals surface area contributed by atoms with Gasteiger partial charge in [0.15, 0.2) is 0 Å². The summed E-state index contributed by atoms with van der Waals surface area (Å²) in [7, 11) is 0. The van der Waals surface area contributed by atoms with E-state index in [9.17, 15) is 0 Å². The molecule has 1 heterocycles. The van der Waals surface area contributed by atoms with Gasteiger partial charge in [-0.3, -0.25) is 4.98 Å². The Hall–Kier alpha value is -1.37. The molecule has 1 aliphatic carbocycles. The van der Waals surface area contributed by atoms with Crippen molar-refractivity contribution in [1.82, 2.24) is 4.98 Å². The Morgan fingerprint density at radius 1 is 1.00 bits per heavy atom. The van der Waals surface area contributed by atoms with E-state index in [4.69, 9.17) is 4.98 Å². The number of aromatic nitrogens is 1. The molecule has 0 fully saturated rings. The predicted molar refractivity (Wildman–Crippen MR) is 77.1 cm³/mol. The number of rotatable bonds is 1. The van der Waals surface area contributed by atoms with Crippen LogP contribution in [0, 0.1) is 0 Å². The lowest BCUT2D eigenvalue weighted by Crippen LogP contribution is -1.97. The lowest BCUT2D eigenvalue weighted by Gasteiger charge is -2.10. The highest BCUT2D eigenvalue weighted by Crippen LogP contribution is 2.25. The van der Waals surface area contributed by atoms with Crippen LogP contribution in [0.25, 0.3) is 10.9 Å². The molecular weight excluding hydrogens is 218 g/mol. The molecule has 0 atom stereocenters. The predicted octanol–water partition coefficient (Wildman–Crippen LogP) is 4.63. The van der Waals surface area contributed by atoms with Crippen molar-refractivity contribution >= 4 is 10.9 Å². The van der Waals surface area contributed by atoms with E-state index in [-0.39, 0.29) is 0 Å². The zero-order valence-corrected chi connectivity index (χ0v) is 11.4. The zero-order chi connectivity index (χ0) is 12.5. The molecular formula is C17H21N. The molecule has 0 aliphatic heterocycles. The van der Waals surface area contributed by atoms with Gasteiger partial charge in [-0.05, 0) is 54.9 Å². The van der Waals surface area contributed by atoms with E-state index in [1.807, 2.05) is 0 Å². The van der Waals surface area contributed by atoms with Crippen molar-refractivity contribution in [3.63, 3.8) is 0 Å². The fourth-order valence-electron chi connectivity index (χ4n) is 2.84. The number of hydrogen-bond acceptors (Lipinski definition) is 1. The maximum atomic E-state index is 4.92. The second-order valence-electron chi connectivity index (χ2n) is 5.76. The average molecular weight is 239 g/mol. The molecule has 1 aromatic carbocycles. The molecule has 0 bridgehead atoms. The lowest BCUT2D eigenvalue weighted by atomic mass is 9.99. The summed E-state index contributed by atoms with van der Waals surface area (Å²) in [5.74, 6) is 0.579. The van der Waals surface area contributed by atoms with Crippen molar-refractivity contribution in [2.75, 3.05) is 0 Å². The molecule has 1 aromatic heterocycles. The first-order chi connectivity index (χ1) is 8.74. The first kappa shape index (κ1) is 11.7. The summed E-state index contributed by atoms with van der Waals surface area (Å²) in [4.78, 5) is 4.92. The van der Waals surface area contributed by atoms with E-state index in [1.54, 1.807) is 0 Å². The van der Waals surface area contributed by atoms with Crippen LogP contribution in [-0.2, 0) is 12.8 Å². The van der Waals surface area contributed by atoms with Crippen molar-refractivity contribution in [3.05, 3.63) is 41.1 Å². The fraction of sp³-hybridized carbons (Fsp3) is 0.471. The molecule has 0 saturated carbocycles. The minimum atomic E-state index is 0.579.